The Morgan fingerprint density at radius 2 is 1.71 bits per heavy atom. The van der Waals surface area contributed by atoms with Crippen molar-refractivity contribution in [3.05, 3.63) is 74.5 Å². The molecule has 0 N–H and O–H groups in total. The third-order valence-electron chi connectivity index (χ3n) is 5.96. The van der Waals surface area contributed by atoms with Crippen LogP contribution in [0.15, 0.2) is 36.4 Å². The van der Waals surface area contributed by atoms with Gasteiger partial charge in [0.25, 0.3) is 0 Å². The maximum Gasteiger partial charge on any atom is 0.417 e. The normalized spacial score (nSPS) is 17.2. The minimum Gasteiger partial charge on any atom is -0.362 e. The number of benzene rings is 2. The van der Waals surface area contributed by atoms with Gasteiger partial charge in [0.1, 0.15) is 5.60 Å². The fourth-order valence-electron chi connectivity index (χ4n) is 4.21. The number of ether oxygens (including phenoxy) is 1. The molecule has 2 aromatic rings. The van der Waals surface area contributed by atoms with Crippen molar-refractivity contribution in [3.63, 3.8) is 0 Å². The van der Waals surface area contributed by atoms with E-state index in [2.05, 4.69) is 0 Å². The fraction of sp³-hybridized carbons (Fsp3) is 0.333. The fourth-order valence-corrected chi connectivity index (χ4v) is 4.70. The molecule has 0 radical (unpaired) electrons. The highest BCUT2D eigenvalue weighted by Crippen LogP contribution is 2.44. The molecule has 180 valence electrons. The van der Waals surface area contributed by atoms with Crippen LogP contribution in [-0.4, -0.2) is 35.9 Å². The molecule has 1 spiro atoms. The van der Waals surface area contributed by atoms with Gasteiger partial charge in [-0.1, -0.05) is 49.2 Å². The zero-order valence-electron chi connectivity index (χ0n) is 18.1. The van der Waals surface area contributed by atoms with E-state index in [-0.39, 0.29) is 24.0 Å². The molecule has 4 nitrogen and oxygen atoms in total. The lowest BCUT2D eigenvalue weighted by molar-refractivity contribution is -0.171. The van der Waals surface area contributed by atoms with Gasteiger partial charge in [0.2, 0.25) is 5.91 Å². The summed E-state index contributed by atoms with van der Waals surface area (Å²) in [5.74, 6) is -2.06. The van der Waals surface area contributed by atoms with E-state index in [1.807, 2.05) is 13.8 Å². The predicted octanol–water partition coefficient (Wildman–Crippen LogP) is 6.18. The van der Waals surface area contributed by atoms with Crippen LogP contribution in [0.1, 0.15) is 40.9 Å². The third-order valence-corrected chi connectivity index (χ3v) is 6.51. The average molecular weight is 516 g/mol. The number of allylic oxidation sites excluding steroid dienone is 2. The molecule has 0 saturated carbocycles. The Bertz CT molecular complexity index is 1190. The number of hydrogen-bond donors (Lipinski definition) is 0. The van der Waals surface area contributed by atoms with Gasteiger partial charge in [0.05, 0.1) is 35.3 Å². The Kier molecular flexibility index (Phi) is 6.29. The van der Waals surface area contributed by atoms with Crippen LogP contribution in [0, 0.1) is 11.7 Å². The molecule has 1 fully saturated rings. The maximum atomic E-state index is 13.7. The van der Waals surface area contributed by atoms with Gasteiger partial charge >= 0.3 is 6.18 Å². The lowest BCUT2D eigenvalue weighted by Gasteiger charge is -2.48. The Labute approximate surface area is 203 Å². The third kappa shape index (κ3) is 4.34. The minimum absolute atomic E-state index is 0.0142. The molecule has 2 aromatic carbocycles. The maximum absolute atomic E-state index is 13.7. The van der Waals surface area contributed by atoms with E-state index in [0.29, 0.717) is 24.7 Å². The quantitative estimate of drug-likeness (QED) is 0.211. The van der Waals surface area contributed by atoms with Crippen LogP contribution >= 0.6 is 23.2 Å². The first kappa shape index (κ1) is 24.7. The number of amides is 1. The van der Waals surface area contributed by atoms with Gasteiger partial charge in [-0.25, -0.2) is 4.39 Å². The first-order chi connectivity index (χ1) is 15.8. The van der Waals surface area contributed by atoms with E-state index in [0.717, 1.165) is 17.7 Å². The van der Waals surface area contributed by atoms with Crippen LogP contribution in [0.25, 0.3) is 5.57 Å². The Morgan fingerprint density at radius 3 is 2.26 bits per heavy atom. The van der Waals surface area contributed by atoms with E-state index >= 15 is 0 Å². The lowest BCUT2D eigenvalue weighted by atomic mass is 9.84. The number of fused-ring (bicyclic) bond motifs is 2. The molecule has 1 amide bonds. The van der Waals surface area contributed by atoms with E-state index < -0.39 is 44.6 Å². The predicted molar refractivity (Wildman–Crippen MR) is 119 cm³/mol. The van der Waals surface area contributed by atoms with Gasteiger partial charge in [-0.3, -0.25) is 9.59 Å². The molecule has 0 bridgehead atoms. The summed E-state index contributed by atoms with van der Waals surface area (Å²) in [6.07, 6.45) is -4.47. The molecular weight excluding hydrogens is 497 g/mol. The van der Waals surface area contributed by atoms with Crippen molar-refractivity contribution < 1.29 is 31.9 Å². The summed E-state index contributed by atoms with van der Waals surface area (Å²) in [4.78, 5) is 26.6. The molecule has 0 aromatic heterocycles. The average Bonchev–Trinajstić information content (AvgIpc) is 3.11. The van der Waals surface area contributed by atoms with Crippen LogP contribution in [-0.2, 0) is 21.7 Å². The SMILES string of the molecule is CC(C)C(=O)N1CC2(C1)OCc1cc(C(=O)/C=C(/c3cc(Cl)c(F)c(Cl)c3)C(F)(F)F)ccc12. The highest BCUT2D eigenvalue weighted by molar-refractivity contribution is 6.35. The van der Waals surface area contributed by atoms with Crippen LogP contribution in [0.4, 0.5) is 17.6 Å². The molecule has 2 heterocycles. The summed E-state index contributed by atoms with van der Waals surface area (Å²) >= 11 is 11.3. The van der Waals surface area contributed by atoms with E-state index in [1.165, 1.54) is 12.1 Å². The van der Waals surface area contributed by atoms with Gasteiger partial charge in [-0.15, -0.1) is 0 Å². The topological polar surface area (TPSA) is 46.6 Å². The second-order valence-electron chi connectivity index (χ2n) is 8.68. The zero-order chi connectivity index (χ0) is 25.0. The van der Waals surface area contributed by atoms with Gasteiger partial charge in [-0.05, 0) is 41.0 Å². The van der Waals surface area contributed by atoms with Crippen molar-refractivity contribution in [1.82, 2.24) is 4.90 Å². The molecule has 1 saturated heterocycles. The van der Waals surface area contributed by atoms with E-state index in [9.17, 15) is 27.2 Å². The summed E-state index contributed by atoms with van der Waals surface area (Å²) in [5.41, 5.74) is -0.946. The number of rotatable bonds is 4. The van der Waals surface area contributed by atoms with Crippen molar-refractivity contribution in [2.24, 2.45) is 5.92 Å². The Morgan fingerprint density at radius 1 is 1.09 bits per heavy atom. The molecule has 4 rings (SSSR count). The molecule has 2 aliphatic rings. The number of ketones is 1. The number of likely N-dealkylation sites (tertiary alicyclic amines) is 1. The van der Waals surface area contributed by atoms with Crippen molar-refractivity contribution in [3.8, 4) is 0 Å². The van der Waals surface area contributed by atoms with Crippen molar-refractivity contribution in [2.75, 3.05) is 13.1 Å². The second kappa shape index (κ2) is 8.66. The standard InChI is InChI=1S/C24H19Cl2F4NO3/c1-12(2)22(33)31-10-23(11-31)16-4-3-13(5-15(16)9-34-23)20(32)8-17(24(28,29)30)14-6-18(25)21(27)19(26)7-14/h3-8,12H,9-11H2,1-2H3/b17-8-. The van der Waals surface area contributed by atoms with Crippen molar-refractivity contribution in [1.29, 1.82) is 0 Å². The number of carbonyl (C=O) groups excluding carboxylic acids is 2. The minimum atomic E-state index is -4.91. The molecule has 2 aliphatic heterocycles. The highest BCUT2D eigenvalue weighted by Gasteiger charge is 2.51. The van der Waals surface area contributed by atoms with E-state index in [4.69, 9.17) is 27.9 Å². The summed E-state index contributed by atoms with van der Waals surface area (Å²) in [7, 11) is 0. The summed E-state index contributed by atoms with van der Waals surface area (Å²) in [5, 5.41) is -1.17. The number of nitrogens with zero attached hydrogens (tertiary/aromatic N) is 1. The largest absolute Gasteiger partial charge is 0.417 e. The number of halogens is 6. The van der Waals surface area contributed by atoms with E-state index in [1.54, 1.807) is 11.0 Å². The first-order valence-electron chi connectivity index (χ1n) is 10.4. The number of hydrogen-bond acceptors (Lipinski definition) is 3. The van der Waals surface area contributed by atoms with Crippen LogP contribution in [0.3, 0.4) is 0 Å². The van der Waals surface area contributed by atoms with Crippen molar-refractivity contribution in [2.45, 2.75) is 32.2 Å². The van der Waals surface area contributed by atoms with Gasteiger partial charge < -0.3 is 9.64 Å². The molecule has 10 heteroatoms. The summed E-state index contributed by atoms with van der Waals surface area (Å²) in [6, 6.07) is 6.13. The lowest BCUT2D eigenvalue weighted by Crippen LogP contribution is -2.61. The van der Waals surface area contributed by atoms with Gasteiger partial charge in [0.15, 0.2) is 11.6 Å². The monoisotopic (exact) mass is 515 g/mol. The van der Waals surface area contributed by atoms with Gasteiger partial charge in [0, 0.05) is 11.5 Å². The molecule has 0 unspecified atom stereocenters. The highest BCUT2D eigenvalue weighted by atomic mass is 35.5. The number of alkyl halides is 3. The van der Waals surface area contributed by atoms with Gasteiger partial charge in [-0.2, -0.15) is 13.2 Å². The Balaban J connectivity index is 1.62. The van der Waals surface area contributed by atoms with Crippen LogP contribution in [0.5, 0.6) is 0 Å². The summed E-state index contributed by atoms with van der Waals surface area (Å²) in [6.45, 7) is 4.57. The summed E-state index contributed by atoms with van der Waals surface area (Å²) < 4.78 is 60.8. The first-order valence-corrected chi connectivity index (χ1v) is 11.1. The zero-order valence-corrected chi connectivity index (χ0v) is 19.6. The van der Waals surface area contributed by atoms with Crippen LogP contribution in [0.2, 0.25) is 10.0 Å². The second-order valence-corrected chi connectivity index (χ2v) is 9.49. The Hall–Kier alpha value is -2.42. The van der Waals surface area contributed by atoms with Crippen LogP contribution < -0.4 is 0 Å². The molecule has 0 atom stereocenters. The smallest absolute Gasteiger partial charge is 0.362 e. The molecule has 0 aliphatic carbocycles. The molecule has 34 heavy (non-hydrogen) atoms. The molecular formula is C24H19Cl2F4NO3. The van der Waals surface area contributed by atoms with Crippen molar-refractivity contribution >= 4 is 40.5 Å². The number of carbonyl (C=O) groups is 2.